The molecule has 0 spiro atoms. The Morgan fingerprint density at radius 3 is 2.75 bits per heavy atom. The molecule has 0 saturated carbocycles. The maximum absolute atomic E-state index is 12.7. The monoisotopic (exact) mass is 358 g/mol. The van der Waals surface area contributed by atoms with Crippen molar-refractivity contribution < 1.29 is 8.42 Å². The van der Waals surface area contributed by atoms with Gasteiger partial charge in [-0.05, 0) is 54.0 Å². The number of hydrogen-bond donors (Lipinski definition) is 1. The molecule has 1 aromatic rings. The second kappa shape index (κ2) is 6.39. The first kappa shape index (κ1) is 15.7. The van der Waals surface area contributed by atoms with Gasteiger partial charge < -0.3 is 5.32 Å². The highest BCUT2D eigenvalue weighted by molar-refractivity contribution is 9.10. The quantitative estimate of drug-likeness (QED) is 0.841. The first-order valence-corrected chi connectivity index (χ1v) is 8.77. The molecule has 0 fully saturated rings. The smallest absolute Gasteiger partial charge is 0.244 e. The molecule has 0 unspecified atom stereocenters. The van der Waals surface area contributed by atoms with Gasteiger partial charge in [-0.15, -0.1) is 0 Å². The zero-order chi connectivity index (χ0) is 14.8. The minimum atomic E-state index is -3.44. The van der Waals surface area contributed by atoms with Crippen LogP contribution < -0.4 is 5.32 Å². The zero-order valence-electron chi connectivity index (χ0n) is 11.7. The first-order chi connectivity index (χ1) is 9.45. The molecule has 0 saturated heterocycles. The molecule has 0 radical (unpaired) electrons. The Bertz CT molecular complexity index is 626. The lowest BCUT2D eigenvalue weighted by atomic mass is 10.1. The van der Waals surface area contributed by atoms with Gasteiger partial charge in [-0.3, -0.25) is 0 Å². The summed E-state index contributed by atoms with van der Waals surface area (Å²) in [5.41, 5.74) is 2.21. The Morgan fingerprint density at radius 2 is 2.15 bits per heavy atom. The Kier molecular flexibility index (Phi) is 5.01. The Hall–Kier alpha value is -0.690. The molecule has 4 nitrogen and oxygen atoms in total. The van der Waals surface area contributed by atoms with Gasteiger partial charge in [0.25, 0.3) is 0 Å². The topological polar surface area (TPSA) is 49.4 Å². The van der Waals surface area contributed by atoms with Crippen LogP contribution in [0.2, 0.25) is 0 Å². The molecule has 1 heterocycles. The first-order valence-electron chi connectivity index (χ1n) is 6.54. The van der Waals surface area contributed by atoms with Gasteiger partial charge in [-0.1, -0.05) is 17.7 Å². The summed E-state index contributed by atoms with van der Waals surface area (Å²) in [6.07, 6.45) is 2.78. The van der Waals surface area contributed by atoms with Crippen molar-refractivity contribution >= 4 is 26.0 Å². The normalized spacial score (nSPS) is 17.1. The van der Waals surface area contributed by atoms with Crippen molar-refractivity contribution in [2.75, 3.05) is 20.1 Å². The molecule has 6 heteroatoms. The van der Waals surface area contributed by atoms with Gasteiger partial charge in [0, 0.05) is 24.1 Å². The fraction of sp³-hybridized carbons (Fsp3) is 0.429. The van der Waals surface area contributed by atoms with Crippen LogP contribution in [0.4, 0.5) is 0 Å². The number of hydrogen-bond acceptors (Lipinski definition) is 3. The highest BCUT2D eigenvalue weighted by atomic mass is 79.9. The fourth-order valence-corrected chi connectivity index (χ4v) is 4.52. The van der Waals surface area contributed by atoms with Crippen molar-refractivity contribution in [3.63, 3.8) is 0 Å². The van der Waals surface area contributed by atoms with Gasteiger partial charge in [-0.25, -0.2) is 8.42 Å². The molecule has 1 aromatic carbocycles. The molecule has 0 bridgehead atoms. The molecule has 110 valence electrons. The zero-order valence-corrected chi connectivity index (χ0v) is 14.1. The van der Waals surface area contributed by atoms with Crippen molar-refractivity contribution in [2.24, 2.45) is 0 Å². The maximum atomic E-state index is 12.7. The maximum Gasteiger partial charge on any atom is 0.244 e. The predicted molar refractivity (Wildman–Crippen MR) is 84.0 cm³/mol. The Labute approximate surface area is 129 Å². The molecule has 1 N–H and O–H groups in total. The van der Waals surface area contributed by atoms with E-state index in [0.29, 0.717) is 29.0 Å². The van der Waals surface area contributed by atoms with E-state index in [1.165, 1.54) is 9.88 Å². The summed E-state index contributed by atoms with van der Waals surface area (Å²) in [6, 6.07) is 5.45. The van der Waals surface area contributed by atoms with E-state index in [0.717, 1.165) is 12.0 Å². The van der Waals surface area contributed by atoms with Crippen LogP contribution in [0.3, 0.4) is 0 Å². The van der Waals surface area contributed by atoms with Gasteiger partial charge in [-0.2, -0.15) is 4.31 Å². The third-order valence-corrected chi connectivity index (χ3v) is 6.25. The highest BCUT2D eigenvalue weighted by Gasteiger charge is 2.27. The lowest BCUT2D eigenvalue weighted by molar-refractivity contribution is 0.431. The van der Waals surface area contributed by atoms with E-state index in [1.807, 2.05) is 26.1 Å². The van der Waals surface area contributed by atoms with Crippen LogP contribution in [0.1, 0.15) is 18.9 Å². The summed E-state index contributed by atoms with van der Waals surface area (Å²) in [7, 11) is -1.60. The minimum absolute atomic E-state index is 0.346. The molecular formula is C14H19BrN2O2S. The third kappa shape index (κ3) is 3.31. The second-order valence-corrected chi connectivity index (χ2v) is 7.72. The molecule has 1 aliphatic rings. The van der Waals surface area contributed by atoms with Crippen LogP contribution >= 0.6 is 15.9 Å². The van der Waals surface area contributed by atoms with E-state index in [4.69, 9.17) is 0 Å². The number of benzene rings is 1. The van der Waals surface area contributed by atoms with Crippen LogP contribution in [0.15, 0.2) is 39.2 Å². The number of rotatable bonds is 4. The summed E-state index contributed by atoms with van der Waals surface area (Å²) in [5.74, 6) is 0. The third-order valence-electron chi connectivity index (χ3n) is 3.39. The van der Waals surface area contributed by atoms with Gasteiger partial charge >= 0.3 is 0 Å². The van der Waals surface area contributed by atoms with Gasteiger partial charge in [0.2, 0.25) is 10.0 Å². The lowest BCUT2D eigenvalue weighted by Gasteiger charge is -2.25. The molecule has 20 heavy (non-hydrogen) atoms. The van der Waals surface area contributed by atoms with Crippen molar-refractivity contribution in [1.29, 1.82) is 0 Å². The second-order valence-electron chi connectivity index (χ2n) is 4.96. The van der Waals surface area contributed by atoms with E-state index in [-0.39, 0.29) is 0 Å². The van der Waals surface area contributed by atoms with Crippen LogP contribution in [0, 0.1) is 0 Å². The molecule has 1 aliphatic heterocycles. The Balaban J connectivity index is 2.36. The predicted octanol–water partition coefficient (Wildman–Crippen LogP) is 2.51. The van der Waals surface area contributed by atoms with Crippen molar-refractivity contribution in [3.8, 4) is 0 Å². The largest absolute Gasteiger partial charge is 0.316 e. The van der Waals surface area contributed by atoms with E-state index < -0.39 is 10.0 Å². The summed E-state index contributed by atoms with van der Waals surface area (Å²) in [6.45, 7) is 3.69. The molecule has 0 atom stereocenters. The summed E-state index contributed by atoms with van der Waals surface area (Å²) >= 11 is 3.35. The number of nitrogens with one attached hydrogen (secondary N) is 1. The van der Waals surface area contributed by atoms with Gasteiger partial charge in [0.15, 0.2) is 0 Å². The molecule has 2 rings (SSSR count). The fourth-order valence-electron chi connectivity index (χ4n) is 2.17. The standard InChI is InChI=1S/C14H19BrN2O2S/c1-11-5-7-17(8-6-11)20(18,19)14-9-12(10-16-2)3-4-13(14)15/h3-5,9,16H,6-8,10H2,1-2H3. The van der Waals surface area contributed by atoms with Crippen LogP contribution in [-0.2, 0) is 16.6 Å². The molecule has 0 aromatic heterocycles. The van der Waals surface area contributed by atoms with Crippen LogP contribution in [-0.4, -0.2) is 32.9 Å². The average molecular weight is 359 g/mol. The number of halogens is 1. The number of nitrogens with zero attached hydrogens (tertiary/aromatic N) is 1. The van der Waals surface area contributed by atoms with E-state index in [9.17, 15) is 8.42 Å². The number of sulfonamides is 1. The summed E-state index contributed by atoms with van der Waals surface area (Å²) in [5, 5.41) is 3.03. The van der Waals surface area contributed by atoms with Crippen molar-refractivity contribution in [2.45, 2.75) is 24.8 Å². The molecule has 0 amide bonds. The summed E-state index contributed by atoms with van der Waals surface area (Å²) < 4.78 is 27.6. The lowest BCUT2D eigenvalue weighted by Crippen LogP contribution is -2.34. The van der Waals surface area contributed by atoms with Crippen LogP contribution in [0.5, 0.6) is 0 Å². The SMILES string of the molecule is CNCc1ccc(Br)c(S(=O)(=O)N2CC=C(C)CC2)c1. The van der Waals surface area contributed by atoms with Crippen molar-refractivity contribution in [1.82, 2.24) is 9.62 Å². The Morgan fingerprint density at radius 1 is 1.40 bits per heavy atom. The van der Waals surface area contributed by atoms with Crippen LogP contribution in [0.25, 0.3) is 0 Å². The van der Waals surface area contributed by atoms with Gasteiger partial charge in [0.1, 0.15) is 0 Å². The molecule has 0 aliphatic carbocycles. The highest BCUT2D eigenvalue weighted by Crippen LogP contribution is 2.28. The van der Waals surface area contributed by atoms with Gasteiger partial charge in [0.05, 0.1) is 4.90 Å². The van der Waals surface area contributed by atoms with E-state index in [1.54, 1.807) is 12.1 Å². The van der Waals surface area contributed by atoms with Crippen molar-refractivity contribution in [3.05, 3.63) is 39.9 Å². The van der Waals surface area contributed by atoms with E-state index >= 15 is 0 Å². The molecular weight excluding hydrogens is 340 g/mol. The van der Waals surface area contributed by atoms with E-state index in [2.05, 4.69) is 21.2 Å². The average Bonchev–Trinajstić information content (AvgIpc) is 2.41. The summed E-state index contributed by atoms with van der Waals surface area (Å²) in [4.78, 5) is 0.346. The minimum Gasteiger partial charge on any atom is -0.316 e.